The van der Waals surface area contributed by atoms with Crippen molar-refractivity contribution in [2.24, 2.45) is 5.92 Å². The topological polar surface area (TPSA) is 46.2 Å². The molecule has 3 nitrogen and oxygen atoms in total. The fourth-order valence-electron chi connectivity index (χ4n) is 1.90. The Hall–Kier alpha value is -1.06. The molecule has 1 heterocycles. The Balaban J connectivity index is 2.13. The van der Waals surface area contributed by atoms with Crippen LogP contribution < -0.4 is 5.32 Å². The van der Waals surface area contributed by atoms with Gasteiger partial charge in [-0.25, -0.2) is 0 Å². The first-order chi connectivity index (χ1) is 8.06. The van der Waals surface area contributed by atoms with Gasteiger partial charge in [0.15, 0.2) is 0 Å². The van der Waals surface area contributed by atoms with Gasteiger partial charge in [0.1, 0.15) is 0 Å². The Morgan fingerprint density at radius 1 is 1.29 bits per heavy atom. The van der Waals surface area contributed by atoms with Crippen LogP contribution in [0.1, 0.15) is 18.4 Å². The van der Waals surface area contributed by atoms with E-state index >= 15 is 0 Å². The standard InChI is InChI=1S/C12H11Cl2NO2/c13-9-2-3-10(14)8(6-9)5-7-1-4-11(16)15-12(7)17/h2-3,6-7H,1,4-5H2,(H,15,16,17). The van der Waals surface area contributed by atoms with Crippen molar-refractivity contribution in [3.63, 3.8) is 0 Å². The molecule has 0 saturated carbocycles. The van der Waals surface area contributed by atoms with Gasteiger partial charge in [-0.05, 0) is 36.6 Å². The zero-order chi connectivity index (χ0) is 12.4. The molecule has 5 heteroatoms. The molecule has 0 aliphatic carbocycles. The van der Waals surface area contributed by atoms with Crippen molar-refractivity contribution in [3.05, 3.63) is 33.8 Å². The summed E-state index contributed by atoms with van der Waals surface area (Å²) in [5.41, 5.74) is 0.841. The number of carbonyl (C=O) groups is 2. The normalized spacial score (nSPS) is 20.2. The first-order valence-electron chi connectivity index (χ1n) is 5.34. The third-order valence-corrected chi connectivity index (χ3v) is 3.43. The smallest absolute Gasteiger partial charge is 0.230 e. The van der Waals surface area contributed by atoms with Crippen molar-refractivity contribution < 1.29 is 9.59 Å². The second-order valence-corrected chi connectivity index (χ2v) is 4.93. The van der Waals surface area contributed by atoms with Crippen molar-refractivity contribution in [1.82, 2.24) is 5.32 Å². The van der Waals surface area contributed by atoms with E-state index in [0.29, 0.717) is 29.3 Å². The number of amides is 2. The maximum absolute atomic E-state index is 11.6. The van der Waals surface area contributed by atoms with Crippen molar-refractivity contribution in [2.45, 2.75) is 19.3 Å². The highest BCUT2D eigenvalue weighted by Crippen LogP contribution is 2.26. The van der Waals surface area contributed by atoms with Crippen molar-refractivity contribution >= 4 is 35.0 Å². The van der Waals surface area contributed by atoms with E-state index in [1.807, 2.05) is 0 Å². The van der Waals surface area contributed by atoms with E-state index in [9.17, 15) is 9.59 Å². The number of nitrogens with one attached hydrogen (secondary N) is 1. The number of hydrogen-bond donors (Lipinski definition) is 1. The summed E-state index contributed by atoms with van der Waals surface area (Å²) in [6.07, 6.45) is 1.46. The Labute approximate surface area is 109 Å². The molecule has 1 N–H and O–H groups in total. The highest BCUT2D eigenvalue weighted by atomic mass is 35.5. The van der Waals surface area contributed by atoms with Crippen LogP contribution in [0.4, 0.5) is 0 Å². The summed E-state index contributed by atoms with van der Waals surface area (Å²) in [6.45, 7) is 0. The predicted molar refractivity (Wildman–Crippen MR) is 66.0 cm³/mol. The van der Waals surface area contributed by atoms with Gasteiger partial charge in [0, 0.05) is 22.4 Å². The van der Waals surface area contributed by atoms with E-state index in [0.717, 1.165) is 5.56 Å². The zero-order valence-corrected chi connectivity index (χ0v) is 10.5. The first-order valence-corrected chi connectivity index (χ1v) is 6.09. The molecule has 0 spiro atoms. The summed E-state index contributed by atoms with van der Waals surface area (Å²) in [6, 6.07) is 5.18. The maximum atomic E-state index is 11.6. The van der Waals surface area contributed by atoms with E-state index in [1.165, 1.54) is 0 Å². The Bertz CT molecular complexity index is 474. The minimum atomic E-state index is -0.225. The second kappa shape index (κ2) is 5.07. The van der Waals surface area contributed by atoms with Gasteiger partial charge in [-0.1, -0.05) is 23.2 Å². The van der Waals surface area contributed by atoms with E-state index < -0.39 is 0 Å². The zero-order valence-electron chi connectivity index (χ0n) is 9.00. The van der Waals surface area contributed by atoms with Gasteiger partial charge < -0.3 is 0 Å². The Kier molecular flexibility index (Phi) is 3.69. The largest absolute Gasteiger partial charge is 0.296 e. The molecule has 1 aliphatic rings. The molecular weight excluding hydrogens is 261 g/mol. The summed E-state index contributed by atoms with van der Waals surface area (Å²) in [5, 5.41) is 3.52. The number of rotatable bonds is 2. The van der Waals surface area contributed by atoms with Crippen molar-refractivity contribution in [3.8, 4) is 0 Å². The lowest BCUT2D eigenvalue weighted by molar-refractivity contribution is -0.136. The number of carbonyl (C=O) groups excluding carboxylic acids is 2. The molecule has 1 unspecified atom stereocenters. The van der Waals surface area contributed by atoms with Crippen LogP contribution in [0.25, 0.3) is 0 Å². The van der Waals surface area contributed by atoms with Crippen LogP contribution in [0, 0.1) is 5.92 Å². The molecule has 0 aromatic heterocycles. The molecule has 1 saturated heterocycles. The summed E-state index contributed by atoms with van der Waals surface area (Å²) in [5.74, 6) is -0.635. The number of hydrogen-bond acceptors (Lipinski definition) is 2. The van der Waals surface area contributed by atoms with Crippen LogP contribution in [-0.4, -0.2) is 11.8 Å². The molecular formula is C12H11Cl2NO2. The Morgan fingerprint density at radius 2 is 2.06 bits per heavy atom. The summed E-state index contributed by atoms with van der Waals surface area (Å²) < 4.78 is 0. The molecule has 17 heavy (non-hydrogen) atoms. The molecule has 2 amide bonds. The molecule has 0 bridgehead atoms. The van der Waals surface area contributed by atoms with Crippen LogP contribution in [0.15, 0.2) is 18.2 Å². The van der Waals surface area contributed by atoms with Gasteiger partial charge in [-0.3, -0.25) is 14.9 Å². The first kappa shape index (κ1) is 12.4. The third kappa shape index (κ3) is 2.99. The highest BCUT2D eigenvalue weighted by molar-refractivity contribution is 6.33. The maximum Gasteiger partial charge on any atom is 0.230 e. The van der Waals surface area contributed by atoms with Crippen LogP contribution in [0.3, 0.4) is 0 Å². The Morgan fingerprint density at radius 3 is 2.76 bits per heavy atom. The van der Waals surface area contributed by atoms with Crippen molar-refractivity contribution in [2.75, 3.05) is 0 Å². The van der Waals surface area contributed by atoms with E-state index in [2.05, 4.69) is 5.32 Å². The molecule has 1 aliphatic heterocycles. The minimum absolute atomic E-state index is 0.205. The van der Waals surface area contributed by atoms with Crippen LogP contribution in [0.2, 0.25) is 10.0 Å². The lowest BCUT2D eigenvalue weighted by Gasteiger charge is -2.21. The van der Waals surface area contributed by atoms with E-state index in [4.69, 9.17) is 23.2 Å². The number of benzene rings is 1. The van der Waals surface area contributed by atoms with Gasteiger partial charge in [0.05, 0.1) is 0 Å². The van der Waals surface area contributed by atoms with E-state index in [1.54, 1.807) is 18.2 Å². The third-order valence-electron chi connectivity index (χ3n) is 2.83. The molecule has 1 atom stereocenters. The highest BCUT2D eigenvalue weighted by Gasteiger charge is 2.27. The minimum Gasteiger partial charge on any atom is -0.296 e. The average Bonchev–Trinajstić information content (AvgIpc) is 2.27. The molecule has 2 rings (SSSR count). The van der Waals surface area contributed by atoms with Gasteiger partial charge >= 0.3 is 0 Å². The van der Waals surface area contributed by atoms with Crippen LogP contribution >= 0.6 is 23.2 Å². The van der Waals surface area contributed by atoms with E-state index in [-0.39, 0.29) is 17.7 Å². The monoisotopic (exact) mass is 271 g/mol. The summed E-state index contributed by atoms with van der Waals surface area (Å²) in [7, 11) is 0. The second-order valence-electron chi connectivity index (χ2n) is 4.09. The van der Waals surface area contributed by atoms with Gasteiger partial charge in [-0.15, -0.1) is 0 Å². The number of halogens is 2. The lowest BCUT2D eigenvalue weighted by atomic mass is 9.91. The fraction of sp³-hybridized carbons (Fsp3) is 0.333. The molecule has 1 aromatic carbocycles. The van der Waals surface area contributed by atoms with Gasteiger partial charge in [0.25, 0.3) is 0 Å². The SMILES string of the molecule is O=C1CCC(Cc2cc(Cl)ccc2Cl)C(=O)N1. The van der Waals surface area contributed by atoms with Crippen molar-refractivity contribution in [1.29, 1.82) is 0 Å². The molecule has 90 valence electrons. The van der Waals surface area contributed by atoms with Crippen LogP contribution in [-0.2, 0) is 16.0 Å². The van der Waals surface area contributed by atoms with Gasteiger partial charge in [0.2, 0.25) is 11.8 Å². The summed E-state index contributed by atoms with van der Waals surface area (Å²) >= 11 is 11.9. The molecule has 1 fully saturated rings. The summed E-state index contributed by atoms with van der Waals surface area (Å²) in [4.78, 5) is 22.6. The molecule has 1 aromatic rings. The quantitative estimate of drug-likeness (QED) is 0.841. The average molecular weight is 272 g/mol. The van der Waals surface area contributed by atoms with Crippen LogP contribution in [0.5, 0.6) is 0 Å². The fourth-order valence-corrected chi connectivity index (χ4v) is 2.29. The van der Waals surface area contributed by atoms with Gasteiger partial charge in [-0.2, -0.15) is 0 Å². The lowest BCUT2D eigenvalue weighted by Crippen LogP contribution is -2.41. The predicted octanol–water partition coefficient (Wildman–Crippen LogP) is 2.59. The molecule has 0 radical (unpaired) electrons. The number of imide groups is 1. The number of piperidine rings is 1.